The van der Waals surface area contributed by atoms with Crippen LogP contribution < -0.4 is 5.32 Å². The molecule has 1 rings (SSSR count). The molecule has 0 saturated carbocycles. The van der Waals surface area contributed by atoms with Crippen molar-refractivity contribution >= 4 is 5.91 Å². The van der Waals surface area contributed by atoms with Gasteiger partial charge >= 0.3 is 0 Å². The first kappa shape index (κ1) is 34.7. The third-order valence-electron chi connectivity index (χ3n) is 6.75. The summed E-state index contributed by atoms with van der Waals surface area (Å²) in [6.45, 7) is 3.33. The van der Waals surface area contributed by atoms with E-state index in [1.807, 2.05) is 13.0 Å². The first-order valence-electron chi connectivity index (χ1n) is 14.6. The van der Waals surface area contributed by atoms with Gasteiger partial charge in [0.25, 0.3) is 0 Å². The van der Waals surface area contributed by atoms with Crippen LogP contribution in [0.2, 0.25) is 0 Å². The molecule has 7 atom stereocenters. The molecule has 0 aromatic heterocycles. The van der Waals surface area contributed by atoms with E-state index in [1.165, 1.54) is 51.4 Å². The number of nitrogens with one attached hydrogen (secondary N) is 1. The first-order valence-corrected chi connectivity index (χ1v) is 14.6. The average molecular weight is 544 g/mol. The van der Waals surface area contributed by atoms with E-state index in [-0.39, 0.29) is 18.9 Å². The topological polar surface area (TPSA) is 149 Å². The summed E-state index contributed by atoms with van der Waals surface area (Å²) in [6, 6.07) is -0.810. The summed E-state index contributed by atoms with van der Waals surface area (Å²) in [7, 11) is 0. The predicted octanol–water partition coefficient (Wildman–Crippen LogP) is 2.87. The van der Waals surface area contributed by atoms with E-state index in [0.29, 0.717) is 6.42 Å². The van der Waals surface area contributed by atoms with Gasteiger partial charge in [0.2, 0.25) is 5.91 Å². The van der Waals surface area contributed by atoms with Crippen molar-refractivity contribution in [3.05, 3.63) is 24.3 Å². The fourth-order valence-electron chi connectivity index (χ4n) is 4.33. The average Bonchev–Trinajstić information content (AvgIpc) is 2.90. The molecule has 0 bridgehead atoms. The number of carbonyl (C=O) groups is 1. The molecular weight excluding hydrogens is 490 g/mol. The minimum absolute atomic E-state index is 0.206. The highest BCUT2D eigenvalue weighted by molar-refractivity contribution is 5.76. The monoisotopic (exact) mass is 543 g/mol. The lowest BCUT2D eigenvalue weighted by Crippen LogP contribution is -2.60. The third kappa shape index (κ3) is 14.2. The Hall–Kier alpha value is -1.33. The molecule has 38 heavy (non-hydrogen) atoms. The molecule has 0 aliphatic carbocycles. The van der Waals surface area contributed by atoms with Crippen LogP contribution in [0.5, 0.6) is 0 Å². The van der Waals surface area contributed by atoms with Gasteiger partial charge in [-0.3, -0.25) is 4.79 Å². The van der Waals surface area contributed by atoms with Gasteiger partial charge in [0, 0.05) is 6.42 Å². The van der Waals surface area contributed by atoms with Crippen molar-refractivity contribution in [3.8, 4) is 0 Å². The minimum Gasteiger partial charge on any atom is -0.394 e. The highest BCUT2D eigenvalue weighted by atomic mass is 16.7. The molecule has 1 fully saturated rings. The Balaban J connectivity index is 2.43. The zero-order chi connectivity index (χ0) is 28.2. The number of unbranched alkanes of at least 4 members (excludes halogenated alkanes) is 9. The highest BCUT2D eigenvalue weighted by Gasteiger charge is 2.44. The van der Waals surface area contributed by atoms with Crippen LogP contribution in [0.3, 0.4) is 0 Å². The number of amides is 1. The van der Waals surface area contributed by atoms with E-state index in [9.17, 15) is 30.3 Å². The Labute approximate surface area is 228 Å². The number of rotatable bonds is 21. The van der Waals surface area contributed by atoms with E-state index in [0.717, 1.165) is 19.3 Å². The highest BCUT2D eigenvalue weighted by Crippen LogP contribution is 2.22. The molecule has 1 saturated heterocycles. The van der Waals surface area contributed by atoms with Gasteiger partial charge in [0.15, 0.2) is 6.29 Å². The lowest BCUT2D eigenvalue weighted by molar-refractivity contribution is -0.302. The number of aliphatic hydroxyl groups excluding tert-OH is 5. The molecule has 0 radical (unpaired) electrons. The largest absolute Gasteiger partial charge is 0.394 e. The van der Waals surface area contributed by atoms with Gasteiger partial charge in [-0.05, 0) is 32.1 Å². The van der Waals surface area contributed by atoms with Crippen molar-refractivity contribution in [2.45, 2.75) is 140 Å². The maximum absolute atomic E-state index is 12.2. The summed E-state index contributed by atoms with van der Waals surface area (Å²) in [5.41, 5.74) is 0. The molecule has 0 spiro atoms. The van der Waals surface area contributed by atoms with Crippen molar-refractivity contribution in [1.29, 1.82) is 0 Å². The number of aliphatic hydroxyl groups is 5. The molecule has 1 heterocycles. The van der Waals surface area contributed by atoms with Crippen molar-refractivity contribution < 1.29 is 39.8 Å². The molecule has 0 aromatic carbocycles. The second-order valence-corrected chi connectivity index (χ2v) is 10.2. The molecule has 1 aliphatic rings. The van der Waals surface area contributed by atoms with Crippen molar-refractivity contribution in [1.82, 2.24) is 5.32 Å². The van der Waals surface area contributed by atoms with Crippen LogP contribution in [-0.2, 0) is 14.3 Å². The summed E-state index contributed by atoms with van der Waals surface area (Å²) in [5, 5.41) is 52.8. The number of allylic oxidation sites excluding steroid dienone is 3. The zero-order valence-electron chi connectivity index (χ0n) is 23.4. The maximum atomic E-state index is 12.2. The van der Waals surface area contributed by atoms with Crippen LogP contribution in [0.1, 0.15) is 97.3 Å². The van der Waals surface area contributed by atoms with Gasteiger partial charge in [-0.2, -0.15) is 0 Å². The Bertz CT molecular complexity index is 656. The lowest BCUT2D eigenvalue weighted by atomic mass is 9.99. The quantitative estimate of drug-likeness (QED) is 0.0956. The van der Waals surface area contributed by atoms with E-state index >= 15 is 0 Å². The number of ether oxygens (including phenoxy) is 2. The number of hydrogen-bond acceptors (Lipinski definition) is 8. The van der Waals surface area contributed by atoms with Gasteiger partial charge in [0.1, 0.15) is 24.4 Å². The predicted molar refractivity (Wildman–Crippen MR) is 147 cm³/mol. The summed E-state index contributed by atoms with van der Waals surface area (Å²) >= 11 is 0. The Kier molecular flexibility index (Phi) is 19.6. The lowest BCUT2D eigenvalue weighted by Gasteiger charge is -2.40. The van der Waals surface area contributed by atoms with Crippen LogP contribution in [-0.4, -0.2) is 87.5 Å². The third-order valence-corrected chi connectivity index (χ3v) is 6.75. The van der Waals surface area contributed by atoms with Crippen LogP contribution in [0, 0.1) is 0 Å². The van der Waals surface area contributed by atoms with E-state index < -0.39 is 49.5 Å². The summed E-state index contributed by atoms with van der Waals surface area (Å²) in [4.78, 5) is 12.2. The molecule has 7 unspecified atom stereocenters. The molecule has 0 aromatic rings. The van der Waals surface area contributed by atoms with Gasteiger partial charge in [0.05, 0.1) is 25.4 Å². The molecule has 1 aliphatic heterocycles. The smallest absolute Gasteiger partial charge is 0.220 e. The molecule has 1 amide bonds. The van der Waals surface area contributed by atoms with Gasteiger partial charge < -0.3 is 40.3 Å². The Morgan fingerprint density at radius 1 is 0.868 bits per heavy atom. The van der Waals surface area contributed by atoms with Crippen molar-refractivity contribution in [3.63, 3.8) is 0 Å². The number of carbonyl (C=O) groups excluding carboxylic acids is 1. The fraction of sp³-hybridized carbons (Fsp3) is 0.828. The van der Waals surface area contributed by atoms with Gasteiger partial charge in [-0.25, -0.2) is 0 Å². The molecule has 222 valence electrons. The fourth-order valence-corrected chi connectivity index (χ4v) is 4.33. The summed E-state index contributed by atoms with van der Waals surface area (Å²) in [6.07, 6.45) is 13.9. The molecular formula is C29H53NO8. The minimum atomic E-state index is -1.56. The molecule has 6 N–H and O–H groups in total. The van der Waals surface area contributed by atoms with Gasteiger partial charge in [-0.1, -0.05) is 83.1 Å². The summed E-state index contributed by atoms with van der Waals surface area (Å²) < 4.78 is 10.9. The Morgan fingerprint density at radius 2 is 1.50 bits per heavy atom. The molecule has 9 nitrogen and oxygen atoms in total. The van der Waals surface area contributed by atoms with Crippen LogP contribution >= 0.6 is 0 Å². The van der Waals surface area contributed by atoms with Crippen molar-refractivity contribution in [2.24, 2.45) is 0 Å². The first-order chi connectivity index (χ1) is 18.3. The normalized spacial score (nSPS) is 25.7. The van der Waals surface area contributed by atoms with Crippen LogP contribution in [0.4, 0.5) is 0 Å². The van der Waals surface area contributed by atoms with E-state index in [2.05, 4.69) is 24.4 Å². The standard InChI is InChI=1S/C29H53NO8/c1-3-5-6-7-8-9-10-11-12-13-14-15-16-17-19-23(32)22(30-25(33)18-4-2)21-37-29-28(36)27(35)26(34)24(20-31)38-29/h13-14,17,19,22-24,26-29,31-32,34-36H,3-12,15-16,18,20-21H2,1-2H3,(H,30,33)/b14-13+,19-17+. The zero-order valence-corrected chi connectivity index (χ0v) is 23.4. The van der Waals surface area contributed by atoms with Crippen LogP contribution in [0.25, 0.3) is 0 Å². The molecule has 9 heteroatoms. The SMILES string of the molecule is CCCCCCCCCC/C=C/CC/C=C/C(O)C(COC1OC(CO)C(O)C(O)C1O)NC(=O)CCC. The summed E-state index contributed by atoms with van der Waals surface area (Å²) in [5.74, 6) is -0.244. The second kappa shape index (κ2) is 21.5. The number of hydrogen-bond donors (Lipinski definition) is 6. The van der Waals surface area contributed by atoms with Gasteiger partial charge in [-0.15, -0.1) is 0 Å². The maximum Gasteiger partial charge on any atom is 0.220 e. The van der Waals surface area contributed by atoms with Crippen LogP contribution in [0.15, 0.2) is 24.3 Å². The van der Waals surface area contributed by atoms with E-state index in [1.54, 1.807) is 6.08 Å². The van der Waals surface area contributed by atoms with Crippen molar-refractivity contribution in [2.75, 3.05) is 13.2 Å². The second-order valence-electron chi connectivity index (χ2n) is 10.2. The Morgan fingerprint density at radius 3 is 2.16 bits per heavy atom. The van der Waals surface area contributed by atoms with E-state index in [4.69, 9.17) is 9.47 Å².